The highest BCUT2D eigenvalue weighted by atomic mass is 16.4. The molecule has 0 radical (unpaired) electrons. The van der Waals surface area contributed by atoms with Crippen molar-refractivity contribution >= 4 is 17.9 Å². The number of hydrogen-bond donors (Lipinski definition) is 3. The Balaban J connectivity index is 3.85. The Morgan fingerprint density at radius 2 is 1.00 bits per heavy atom. The van der Waals surface area contributed by atoms with E-state index in [0.717, 1.165) is 19.3 Å². The average molecular weight is 373 g/mol. The van der Waals surface area contributed by atoms with Gasteiger partial charge in [-0.1, -0.05) is 84.0 Å². The Bertz CT molecular complexity index is 407. The molecular weight excluding hydrogens is 336 g/mol. The van der Waals surface area contributed by atoms with Gasteiger partial charge in [0.1, 0.15) is 0 Å². The summed E-state index contributed by atoms with van der Waals surface area (Å²) >= 11 is 0. The van der Waals surface area contributed by atoms with Gasteiger partial charge in [-0.3, -0.25) is 14.4 Å². The van der Waals surface area contributed by atoms with Crippen molar-refractivity contribution in [3.63, 3.8) is 0 Å². The Morgan fingerprint density at radius 1 is 0.615 bits per heavy atom. The lowest BCUT2D eigenvalue weighted by atomic mass is 9.85. The SMILES string of the molecule is CCCCCCCCCCCCCC[C@H](C(=O)O)[C@@H](CC(=O)O)C(=O)O. The van der Waals surface area contributed by atoms with E-state index in [-0.39, 0.29) is 6.42 Å². The first kappa shape index (κ1) is 24.4. The third-order valence-electron chi connectivity index (χ3n) is 4.88. The number of unbranched alkanes of at least 4 members (excludes halogenated alkanes) is 11. The van der Waals surface area contributed by atoms with Crippen LogP contribution in [-0.2, 0) is 14.4 Å². The molecule has 0 bridgehead atoms. The predicted octanol–water partition coefficient (Wildman–Crippen LogP) is 4.95. The standard InChI is InChI=1S/C20H36O6/c1-2-3-4-5-6-7-8-9-10-11-12-13-14-16(19(23)24)17(20(25)26)15-18(21)22/h16-17H,2-15H2,1H3,(H,21,22)(H,23,24)(H,25,26)/t16-,17+/m0/s1. The monoisotopic (exact) mass is 372 g/mol. The second-order valence-electron chi connectivity index (χ2n) is 7.17. The third kappa shape index (κ3) is 12.7. The van der Waals surface area contributed by atoms with Gasteiger partial charge in [0, 0.05) is 0 Å². The molecule has 0 aliphatic carbocycles. The van der Waals surface area contributed by atoms with E-state index >= 15 is 0 Å². The Labute approximate surface area is 157 Å². The van der Waals surface area contributed by atoms with E-state index in [1.165, 1.54) is 51.4 Å². The van der Waals surface area contributed by atoms with Crippen molar-refractivity contribution in [1.82, 2.24) is 0 Å². The van der Waals surface area contributed by atoms with E-state index in [0.29, 0.717) is 6.42 Å². The van der Waals surface area contributed by atoms with Crippen LogP contribution < -0.4 is 0 Å². The van der Waals surface area contributed by atoms with E-state index in [2.05, 4.69) is 6.92 Å². The predicted molar refractivity (Wildman–Crippen MR) is 100 cm³/mol. The van der Waals surface area contributed by atoms with E-state index in [1.807, 2.05) is 0 Å². The zero-order valence-electron chi connectivity index (χ0n) is 16.1. The maximum atomic E-state index is 11.3. The van der Waals surface area contributed by atoms with Crippen LogP contribution in [-0.4, -0.2) is 33.2 Å². The molecule has 6 nitrogen and oxygen atoms in total. The van der Waals surface area contributed by atoms with Crippen LogP contribution in [0, 0.1) is 11.8 Å². The summed E-state index contributed by atoms with van der Waals surface area (Å²) in [6.07, 6.45) is 13.4. The molecule has 26 heavy (non-hydrogen) atoms. The Hall–Kier alpha value is -1.59. The molecule has 0 spiro atoms. The minimum atomic E-state index is -1.36. The summed E-state index contributed by atoms with van der Waals surface area (Å²) in [5.74, 6) is -6.34. The zero-order valence-corrected chi connectivity index (χ0v) is 16.1. The van der Waals surface area contributed by atoms with Gasteiger partial charge >= 0.3 is 17.9 Å². The molecule has 0 rings (SSSR count). The molecular formula is C20H36O6. The second kappa shape index (κ2) is 15.6. The number of aliphatic carboxylic acids is 3. The van der Waals surface area contributed by atoms with Gasteiger partial charge in [0.25, 0.3) is 0 Å². The van der Waals surface area contributed by atoms with Crippen molar-refractivity contribution in [3.8, 4) is 0 Å². The van der Waals surface area contributed by atoms with E-state index in [4.69, 9.17) is 10.2 Å². The van der Waals surface area contributed by atoms with Gasteiger partial charge in [0.15, 0.2) is 0 Å². The highest BCUT2D eigenvalue weighted by Crippen LogP contribution is 2.24. The highest BCUT2D eigenvalue weighted by molar-refractivity contribution is 5.83. The Kier molecular flexibility index (Phi) is 14.7. The van der Waals surface area contributed by atoms with Crippen LogP contribution in [0.5, 0.6) is 0 Å². The van der Waals surface area contributed by atoms with Gasteiger partial charge in [-0.2, -0.15) is 0 Å². The second-order valence-corrected chi connectivity index (χ2v) is 7.17. The third-order valence-corrected chi connectivity index (χ3v) is 4.88. The fraction of sp³-hybridized carbons (Fsp3) is 0.850. The summed E-state index contributed by atoms with van der Waals surface area (Å²) in [6.45, 7) is 2.21. The molecule has 0 fully saturated rings. The maximum absolute atomic E-state index is 11.3. The molecule has 0 aromatic heterocycles. The molecule has 0 aliphatic rings. The van der Waals surface area contributed by atoms with Crippen LogP contribution >= 0.6 is 0 Å². The van der Waals surface area contributed by atoms with Crippen molar-refractivity contribution in [2.24, 2.45) is 11.8 Å². The molecule has 0 aromatic carbocycles. The molecule has 0 amide bonds. The molecule has 0 aliphatic heterocycles. The van der Waals surface area contributed by atoms with Gasteiger partial charge in [0.05, 0.1) is 18.3 Å². The van der Waals surface area contributed by atoms with Crippen LogP contribution in [0.4, 0.5) is 0 Å². The minimum absolute atomic E-state index is 0.219. The molecule has 0 saturated heterocycles. The van der Waals surface area contributed by atoms with Crippen LogP contribution in [0.25, 0.3) is 0 Å². The highest BCUT2D eigenvalue weighted by Gasteiger charge is 2.34. The van der Waals surface area contributed by atoms with Gasteiger partial charge in [-0.25, -0.2) is 0 Å². The van der Waals surface area contributed by atoms with Crippen LogP contribution in [0.1, 0.15) is 96.8 Å². The molecule has 152 valence electrons. The number of carbonyl (C=O) groups is 3. The number of carboxylic acids is 3. The van der Waals surface area contributed by atoms with Gasteiger partial charge in [-0.05, 0) is 6.42 Å². The van der Waals surface area contributed by atoms with Crippen LogP contribution in [0.15, 0.2) is 0 Å². The van der Waals surface area contributed by atoms with Crippen LogP contribution in [0.3, 0.4) is 0 Å². The zero-order chi connectivity index (χ0) is 19.8. The molecule has 3 N–H and O–H groups in total. The van der Waals surface area contributed by atoms with Gasteiger partial charge in [0.2, 0.25) is 0 Å². The summed E-state index contributed by atoms with van der Waals surface area (Å²) in [4.78, 5) is 33.2. The lowest BCUT2D eigenvalue weighted by Gasteiger charge is -2.18. The van der Waals surface area contributed by atoms with E-state index in [1.54, 1.807) is 0 Å². The van der Waals surface area contributed by atoms with E-state index < -0.39 is 36.2 Å². The number of hydrogen-bond acceptors (Lipinski definition) is 3. The molecule has 6 heteroatoms. The lowest BCUT2D eigenvalue weighted by Crippen LogP contribution is -2.31. The van der Waals surface area contributed by atoms with Crippen molar-refractivity contribution in [3.05, 3.63) is 0 Å². The number of rotatable bonds is 18. The fourth-order valence-corrected chi connectivity index (χ4v) is 3.29. The quantitative estimate of drug-likeness (QED) is 0.293. The summed E-state index contributed by atoms with van der Waals surface area (Å²) in [5.41, 5.74) is 0. The summed E-state index contributed by atoms with van der Waals surface area (Å²) in [5, 5.41) is 27.1. The largest absolute Gasteiger partial charge is 0.481 e. The van der Waals surface area contributed by atoms with Gasteiger partial charge in [-0.15, -0.1) is 0 Å². The number of carboxylic acid groups (broad SMARTS) is 3. The average Bonchev–Trinajstić information content (AvgIpc) is 2.57. The first-order chi connectivity index (χ1) is 12.4. The van der Waals surface area contributed by atoms with Crippen molar-refractivity contribution in [1.29, 1.82) is 0 Å². The van der Waals surface area contributed by atoms with Gasteiger partial charge < -0.3 is 15.3 Å². The normalized spacial score (nSPS) is 13.3. The summed E-state index contributed by atoms with van der Waals surface area (Å²) < 4.78 is 0. The minimum Gasteiger partial charge on any atom is -0.481 e. The first-order valence-electron chi connectivity index (χ1n) is 10.1. The van der Waals surface area contributed by atoms with Crippen molar-refractivity contribution in [2.45, 2.75) is 96.8 Å². The first-order valence-corrected chi connectivity index (χ1v) is 10.1. The lowest BCUT2D eigenvalue weighted by molar-refractivity contribution is -0.157. The summed E-state index contributed by atoms with van der Waals surface area (Å²) in [7, 11) is 0. The summed E-state index contributed by atoms with van der Waals surface area (Å²) in [6, 6.07) is 0. The molecule has 0 heterocycles. The fourth-order valence-electron chi connectivity index (χ4n) is 3.29. The smallest absolute Gasteiger partial charge is 0.307 e. The van der Waals surface area contributed by atoms with E-state index in [9.17, 15) is 19.5 Å². The Morgan fingerprint density at radius 3 is 1.35 bits per heavy atom. The van der Waals surface area contributed by atoms with Crippen molar-refractivity contribution < 1.29 is 29.7 Å². The maximum Gasteiger partial charge on any atom is 0.307 e. The van der Waals surface area contributed by atoms with Crippen molar-refractivity contribution in [2.75, 3.05) is 0 Å². The molecule has 0 aromatic rings. The molecule has 0 saturated carbocycles. The molecule has 2 atom stereocenters. The van der Waals surface area contributed by atoms with Crippen LogP contribution in [0.2, 0.25) is 0 Å². The topological polar surface area (TPSA) is 112 Å². The molecule has 0 unspecified atom stereocenters.